The minimum absolute atomic E-state index is 0.109. The maximum absolute atomic E-state index is 11.8. The smallest absolute Gasteiger partial charge is 0.317 e. The lowest BCUT2D eigenvalue weighted by molar-refractivity contribution is -0.137. The van der Waals surface area contributed by atoms with Crippen LogP contribution in [-0.2, 0) is 15.6 Å². The summed E-state index contributed by atoms with van der Waals surface area (Å²) in [6.45, 7) is 3.64. The Kier molecular flexibility index (Phi) is 6.83. The molecule has 1 atom stereocenters. The molecule has 1 fully saturated rings. The lowest BCUT2D eigenvalue weighted by atomic mass is 10.0. The van der Waals surface area contributed by atoms with E-state index in [1.165, 1.54) is 0 Å². The van der Waals surface area contributed by atoms with Crippen molar-refractivity contribution in [2.75, 3.05) is 31.1 Å². The second kappa shape index (κ2) is 8.14. The summed E-state index contributed by atoms with van der Waals surface area (Å²) in [5.74, 6) is 0.618. The van der Waals surface area contributed by atoms with Crippen molar-refractivity contribution in [3.63, 3.8) is 0 Å². The van der Waals surface area contributed by atoms with Crippen molar-refractivity contribution >= 4 is 22.8 Å². The molecule has 1 rings (SSSR count). The summed E-state index contributed by atoms with van der Waals surface area (Å²) in [5.41, 5.74) is 0. The molecule has 110 valence electrons. The summed E-state index contributed by atoms with van der Waals surface area (Å²) in [4.78, 5) is 23.9. The molecule has 7 heteroatoms. The van der Waals surface area contributed by atoms with Crippen LogP contribution in [0.2, 0.25) is 0 Å². The standard InChI is InChI=1S/C12H22N2O4S/c1-10(2-3-11(15)16)4-5-13-12(17)14-6-8-19(18)9-7-14/h10H,2-9H2,1H3,(H,13,17)(H,15,16). The Hall–Kier alpha value is -1.11. The van der Waals surface area contributed by atoms with E-state index < -0.39 is 16.8 Å². The fraction of sp³-hybridized carbons (Fsp3) is 0.833. The molecule has 0 saturated carbocycles. The molecular weight excluding hydrogens is 268 g/mol. The highest BCUT2D eigenvalue weighted by molar-refractivity contribution is 7.85. The van der Waals surface area contributed by atoms with Crippen LogP contribution in [0.25, 0.3) is 0 Å². The zero-order valence-electron chi connectivity index (χ0n) is 11.3. The number of amides is 2. The molecule has 1 heterocycles. The maximum Gasteiger partial charge on any atom is 0.317 e. The molecule has 0 bridgehead atoms. The summed E-state index contributed by atoms with van der Waals surface area (Å²) in [5, 5.41) is 11.4. The number of carbonyl (C=O) groups excluding carboxylic acids is 1. The van der Waals surface area contributed by atoms with E-state index in [1.807, 2.05) is 6.92 Å². The van der Waals surface area contributed by atoms with Gasteiger partial charge in [-0.3, -0.25) is 9.00 Å². The quantitative estimate of drug-likeness (QED) is 0.752. The molecule has 19 heavy (non-hydrogen) atoms. The summed E-state index contributed by atoms with van der Waals surface area (Å²) in [6, 6.07) is -0.109. The van der Waals surface area contributed by atoms with Gasteiger partial charge in [-0.15, -0.1) is 0 Å². The van der Waals surface area contributed by atoms with Gasteiger partial charge in [0, 0.05) is 48.4 Å². The van der Waals surface area contributed by atoms with Gasteiger partial charge in [0.2, 0.25) is 0 Å². The molecule has 0 radical (unpaired) electrons. The van der Waals surface area contributed by atoms with Gasteiger partial charge in [0.1, 0.15) is 0 Å². The van der Waals surface area contributed by atoms with Gasteiger partial charge < -0.3 is 15.3 Å². The number of carbonyl (C=O) groups is 2. The molecular formula is C12H22N2O4S. The first-order valence-corrected chi connectivity index (χ1v) is 8.07. The molecule has 0 aromatic rings. The van der Waals surface area contributed by atoms with Crippen molar-refractivity contribution in [2.24, 2.45) is 5.92 Å². The molecule has 0 spiro atoms. The third-order valence-corrected chi connectivity index (χ3v) is 4.51. The number of nitrogens with zero attached hydrogens (tertiary/aromatic N) is 1. The van der Waals surface area contributed by atoms with Crippen LogP contribution in [0.1, 0.15) is 26.2 Å². The minimum Gasteiger partial charge on any atom is -0.481 e. The lowest BCUT2D eigenvalue weighted by Crippen LogP contribution is -2.47. The van der Waals surface area contributed by atoms with E-state index in [1.54, 1.807) is 4.90 Å². The van der Waals surface area contributed by atoms with Crippen LogP contribution in [0, 0.1) is 5.92 Å². The molecule has 1 unspecified atom stereocenters. The Balaban J connectivity index is 2.13. The minimum atomic E-state index is -0.780. The zero-order chi connectivity index (χ0) is 14.3. The molecule has 1 saturated heterocycles. The molecule has 2 amide bonds. The summed E-state index contributed by atoms with van der Waals surface area (Å²) in [6.07, 6.45) is 1.58. The van der Waals surface area contributed by atoms with Crippen molar-refractivity contribution in [2.45, 2.75) is 26.2 Å². The van der Waals surface area contributed by atoms with Crippen LogP contribution < -0.4 is 5.32 Å². The van der Waals surface area contributed by atoms with Gasteiger partial charge in [-0.25, -0.2) is 4.79 Å². The Labute approximate surface area is 116 Å². The average molecular weight is 290 g/mol. The third kappa shape index (κ3) is 6.56. The first kappa shape index (κ1) is 15.9. The van der Waals surface area contributed by atoms with E-state index >= 15 is 0 Å². The molecule has 0 aliphatic carbocycles. The molecule has 1 aliphatic heterocycles. The van der Waals surface area contributed by atoms with E-state index in [9.17, 15) is 13.8 Å². The molecule has 0 aromatic heterocycles. The fourth-order valence-corrected chi connectivity index (χ4v) is 2.94. The number of urea groups is 1. The highest BCUT2D eigenvalue weighted by Crippen LogP contribution is 2.09. The van der Waals surface area contributed by atoms with E-state index in [2.05, 4.69) is 5.32 Å². The lowest BCUT2D eigenvalue weighted by Gasteiger charge is -2.26. The highest BCUT2D eigenvalue weighted by Gasteiger charge is 2.19. The number of carboxylic acids is 1. The van der Waals surface area contributed by atoms with Crippen molar-refractivity contribution in [3.05, 3.63) is 0 Å². The largest absolute Gasteiger partial charge is 0.481 e. The predicted molar refractivity (Wildman–Crippen MR) is 73.5 cm³/mol. The van der Waals surface area contributed by atoms with Crippen LogP contribution >= 0.6 is 0 Å². The van der Waals surface area contributed by atoms with Gasteiger partial charge in [-0.1, -0.05) is 6.92 Å². The Morgan fingerprint density at radius 1 is 1.32 bits per heavy atom. The van der Waals surface area contributed by atoms with Crippen molar-refractivity contribution in [1.29, 1.82) is 0 Å². The van der Waals surface area contributed by atoms with E-state index in [0.717, 1.165) is 6.42 Å². The van der Waals surface area contributed by atoms with Gasteiger partial charge in [0.25, 0.3) is 0 Å². The van der Waals surface area contributed by atoms with Gasteiger partial charge >= 0.3 is 12.0 Å². The molecule has 6 nitrogen and oxygen atoms in total. The summed E-state index contributed by atoms with van der Waals surface area (Å²) >= 11 is 0. The Morgan fingerprint density at radius 2 is 1.95 bits per heavy atom. The second-order valence-electron chi connectivity index (χ2n) is 4.89. The van der Waals surface area contributed by atoms with Crippen molar-refractivity contribution in [3.8, 4) is 0 Å². The van der Waals surface area contributed by atoms with Crippen LogP contribution in [0.15, 0.2) is 0 Å². The number of nitrogens with one attached hydrogen (secondary N) is 1. The zero-order valence-corrected chi connectivity index (χ0v) is 12.1. The number of carboxylic acid groups (broad SMARTS) is 1. The monoisotopic (exact) mass is 290 g/mol. The average Bonchev–Trinajstić information content (AvgIpc) is 2.37. The SMILES string of the molecule is CC(CCNC(=O)N1CCS(=O)CC1)CCC(=O)O. The van der Waals surface area contributed by atoms with E-state index in [-0.39, 0.29) is 18.4 Å². The normalized spacial score (nSPS) is 18.1. The second-order valence-corrected chi connectivity index (χ2v) is 6.59. The van der Waals surface area contributed by atoms with Gasteiger partial charge in [0.05, 0.1) is 0 Å². The van der Waals surface area contributed by atoms with Crippen LogP contribution in [0.5, 0.6) is 0 Å². The first-order chi connectivity index (χ1) is 8.99. The van der Waals surface area contributed by atoms with Gasteiger partial charge in [0.15, 0.2) is 0 Å². The van der Waals surface area contributed by atoms with Crippen LogP contribution in [0.3, 0.4) is 0 Å². The number of aliphatic carboxylic acids is 1. The molecule has 2 N–H and O–H groups in total. The summed E-state index contributed by atoms with van der Waals surface area (Å²) in [7, 11) is -0.775. The Morgan fingerprint density at radius 3 is 2.53 bits per heavy atom. The maximum atomic E-state index is 11.8. The Bertz CT molecular complexity index is 339. The van der Waals surface area contributed by atoms with Gasteiger partial charge in [-0.05, 0) is 18.8 Å². The number of hydrogen-bond donors (Lipinski definition) is 2. The molecule has 1 aliphatic rings. The van der Waals surface area contributed by atoms with Gasteiger partial charge in [-0.2, -0.15) is 0 Å². The van der Waals surface area contributed by atoms with E-state index in [0.29, 0.717) is 37.6 Å². The summed E-state index contributed by atoms with van der Waals surface area (Å²) < 4.78 is 11.2. The first-order valence-electron chi connectivity index (χ1n) is 6.58. The third-order valence-electron chi connectivity index (χ3n) is 3.23. The van der Waals surface area contributed by atoms with E-state index in [4.69, 9.17) is 5.11 Å². The topological polar surface area (TPSA) is 86.7 Å². The fourth-order valence-electron chi connectivity index (χ4n) is 1.89. The number of rotatable bonds is 6. The molecule has 0 aromatic carbocycles. The van der Waals surface area contributed by atoms with Crippen LogP contribution in [0.4, 0.5) is 4.79 Å². The predicted octanol–water partition coefficient (Wildman–Crippen LogP) is 0.651. The van der Waals surface area contributed by atoms with Crippen LogP contribution in [-0.4, -0.2) is 57.4 Å². The number of hydrogen-bond acceptors (Lipinski definition) is 3. The van der Waals surface area contributed by atoms with Crippen molar-refractivity contribution < 1.29 is 18.9 Å². The van der Waals surface area contributed by atoms with Crippen molar-refractivity contribution in [1.82, 2.24) is 10.2 Å². The highest BCUT2D eigenvalue weighted by atomic mass is 32.2.